The number of rotatable bonds is 3. The van der Waals surface area contributed by atoms with Gasteiger partial charge >= 0.3 is 0 Å². The fourth-order valence-electron chi connectivity index (χ4n) is 1.94. The van der Waals surface area contributed by atoms with E-state index in [0.717, 1.165) is 10.0 Å². The van der Waals surface area contributed by atoms with Gasteiger partial charge in [-0.05, 0) is 11.6 Å². The Morgan fingerprint density at radius 3 is 2.60 bits per heavy atom. The van der Waals surface area contributed by atoms with E-state index in [-0.39, 0.29) is 12.0 Å². The molecule has 3 N–H and O–H groups in total. The molecule has 0 saturated carbocycles. The van der Waals surface area contributed by atoms with Gasteiger partial charge < -0.3 is 15.6 Å². The summed E-state index contributed by atoms with van der Waals surface area (Å²) in [5.74, 6) is 0. The predicted molar refractivity (Wildman–Crippen MR) is 61.7 cm³/mol. The molecule has 1 unspecified atom stereocenters. The van der Waals surface area contributed by atoms with Crippen LogP contribution in [0.25, 0.3) is 0 Å². The molecular formula is C11H14BrNO2. The van der Waals surface area contributed by atoms with Crippen LogP contribution in [-0.2, 0) is 10.2 Å². The van der Waals surface area contributed by atoms with Gasteiger partial charge in [-0.1, -0.05) is 34.1 Å². The van der Waals surface area contributed by atoms with Crippen molar-refractivity contribution in [2.24, 2.45) is 5.73 Å². The van der Waals surface area contributed by atoms with Crippen molar-refractivity contribution in [3.05, 3.63) is 34.3 Å². The first-order chi connectivity index (χ1) is 7.20. The molecule has 0 amide bonds. The van der Waals surface area contributed by atoms with Crippen LogP contribution in [0, 0.1) is 0 Å². The minimum absolute atomic E-state index is 0.255. The summed E-state index contributed by atoms with van der Waals surface area (Å²) in [7, 11) is 0. The van der Waals surface area contributed by atoms with Crippen molar-refractivity contribution in [1.82, 2.24) is 0 Å². The number of nitrogens with two attached hydrogens (primary N) is 1. The van der Waals surface area contributed by atoms with Crippen molar-refractivity contribution in [2.75, 3.05) is 19.8 Å². The average molecular weight is 272 g/mol. The SMILES string of the molecule is NCC(O)C1(c2ccccc2Br)COC1. The Kier molecular flexibility index (Phi) is 3.11. The predicted octanol–water partition coefficient (Wildman–Crippen LogP) is 1.04. The van der Waals surface area contributed by atoms with Gasteiger partial charge in [-0.2, -0.15) is 0 Å². The smallest absolute Gasteiger partial charge is 0.0803 e. The monoisotopic (exact) mass is 271 g/mol. The molecule has 0 spiro atoms. The summed E-state index contributed by atoms with van der Waals surface area (Å²) >= 11 is 3.50. The third kappa shape index (κ3) is 1.72. The molecule has 1 aliphatic rings. The number of hydrogen-bond donors (Lipinski definition) is 2. The lowest BCUT2D eigenvalue weighted by molar-refractivity contribution is -0.117. The zero-order chi connectivity index (χ0) is 10.9. The Morgan fingerprint density at radius 2 is 2.13 bits per heavy atom. The molecule has 1 aromatic rings. The highest BCUT2D eigenvalue weighted by Crippen LogP contribution is 2.39. The first-order valence-electron chi connectivity index (χ1n) is 4.91. The highest BCUT2D eigenvalue weighted by atomic mass is 79.9. The van der Waals surface area contributed by atoms with E-state index in [1.807, 2.05) is 24.3 Å². The largest absolute Gasteiger partial charge is 0.391 e. The molecule has 2 rings (SSSR count). The van der Waals surface area contributed by atoms with E-state index in [2.05, 4.69) is 15.9 Å². The Morgan fingerprint density at radius 1 is 1.47 bits per heavy atom. The van der Waals surface area contributed by atoms with Crippen molar-refractivity contribution in [2.45, 2.75) is 11.5 Å². The van der Waals surface area contributed by atoms with Crippen molar-refractivity contribution in [3.8, 4) is 0 Å². The molecule has 1 aliphatic heterocycles. The number of ether oxygens (including phenoxy) is 1. The van der Waals surface area contributed by atoms with Gasteiger partial charge in [0.15, 0.2) is 0 Å². The lowest BCUT2D eigenvalue weighted by Gasteiger charge is -2.45. The van der Waals surface area contributed by atoms with Gasteiger partial charge in [0.25, 0.3) is 0 Å². The molecule has 82 valence electrons. The molecule has 1 heterocycles. The number of hydrogen-bond acceptors (Lipinski definition) is 3. The van der Waals surface area contributed by atoms with Crippen molar-refractivity contribution in [3.63, 3.8) is 0 Å². The summed E-state index contributed by atoms with van der Waals surface area (Å²) < 4.78 is 6.23. The zero-order valence-electron chi connectivity index (χ0n) is 8.32. The third-order valence-electron chi connectivity index (χ3n) is 2.99. The summed E-state index contributed by atoms with van der Waals surface area (Å²) in [5, 5.41) is 9.98. The molecule has 0 aromatic heterocycles. The molecule has 1 aromatic carbocycles. The summed E-state index contributed by atoms with van der Waals surface area (Å²) in [6.45, 7) is 1.33. The second kappa shape index (κ2) is 4.22. The van der Waals surface area contributed by atoms with Crippen LogP contribution >= 0.6 is 15.9 Å². The second-order valence-corrected chi connectivity index (χ2v) is 4.73. The molecule has 15 heavy (non-hydrogen) atoms. The molecule has 0 radical (unpaired) electrons. The second-order valence-electron chi connectivity index (χ2n) is 3.88. The molecule has 4 heteroatoms. The summed E-state index contributed by atoms with van der Waals surface area (Å²) in [6.07, 6.45) is -0.551. The normalized spacial score (nSPS) is 20.7. The Bertz CT molecular complexity index is 352. The Balaban J connectivity index is 2.38. The minimum atomic E-state index is -0.551. The Labute approximate surface area is 97.4 Å². The van der Waals surface area contributed by atoms with Crippen molar-refractivity contribution in [1.29, 1.82) is 0 Å². The van der Waals surface area contributed by atoms with Gasteiger partial charge in [-0.25, -0.2) is 0 Å². The standard InChI is InChI=1S/C11H14BrNO2/c12-9-4-2-1-3-8(9)11(6-15-7-11)10(14)5-13/h1-4,10,14H,5-7,13H2. The maximum Gasteiger partial charge on any atom is 0.0803 e. The van der Waals surface area contributed by atoms with Crippen LogP contribution in [0.1, 0.15) is 5.56 Å². The molecule has 0 aliphatic carbocycles. The van der Waals surface area contributed by atoms with Gasteiger partial charge in [0, 0.05) is 11.0 Å². The van der Waals surface area contributed by atoms with E-state index >= 15 is 0 Å². The number of benzene rings is 1. The topological polar surface area (TPSA) is 55.5 Å². The molecule has 1 atom stereocenters. The van der Waals surface area contributed by atoms with Gasteiger partial charge in [-0.15, -0.1) is 0 Å². The third-order valence-corrected chi connectivity index (χ3v) is 3.68. The van der Waals surface area contributed by atoms with E-state index < -0.39 is 6.10 Å². The van der Waals surface area contributed by atoms with Crippen molar-refractivity contribution >= 4 is 15.9 Å². The Hall–Kier alpha value is -0.420. The minimum Gasteiger partial charge on any atom is -0.391 e. The molecular weight excluding hydrogens is 258 g/mol. The summed E-state index contributed by atoms with van der Waals surface area (Å²) in [5.41, 5.74) is 6.29. The number of aliphatic hydroxyl groups is 1. The molecule has 1 saturated heterocycles. The quantitative estimate of drug-likeness (QED) is 0.864. The number of halogens is 1. The highest BCUT2D eigenvalue weighted by Gasteiger charge is 2.47. The summed E-state index contributed by atoms with van der Waals surface area (Å²) in [6, 6.07) is 7.89. The van der Waals surface area contributed by atoms with Crippen LogP contribution < -0.4 is 5.73 Å². The van der Waals surface area contributed by atoms with E-state index in [1.54, 1.807) is 0 Å². The average Bonchev–Trinajstić information content (AvgIpc) is 2.19. The van der Waals surface area contributed by atoms with Gasteiger partial charge in [0.1, 0.15) is 0 Å². The highest BCUT2D eigenvalue weighted by molar-refractivity contribution is 9.10. The van der Waals surface area contributed by atoms with Gasteiger partial charge in [0.2, 0.25) is 0 Å². The lowest BCUT2D eigenvalue weighted by Crippen LogP contribution is -2.57. The van der Waals surface area contributed by atoms with E-state index in [4.69, 9.17) is 10.5 Å². The van der Waals surface area contributed by atoms with Crippen LogP contribution in [0.5, 0.6) is 0 Å². The first kappa shape index (κ1) is 11.1. The van der Waals surface area contributed by atoms with E-state index in [0.29, 0.717) is 13.2 Å². The van der Waals surface area contributed by atoms with Crippen LogP contribution in [0.15, 0.2) is 28.7 Å². The van der Waals surface area contributed by atoms with Crippen LogP contribution in [-0.4, -0.2) is 31.0 Å². The molecule has 3 nitrogen and oxygen atoms in total. The van der Waals surface area contributed by atoms with E-state index in [1.165, 1.54) is 0 Å². The maximum atomic E-state index is 9.98. The van der Waals surface area contributed by atoms with Crippen LogP contribution in [0.4, 0.5) is 0 Å². The fraction of sp³-hybridized carbons (Fsp3) is 0.455. The van der Waals surface area contributed by atoms with Crippen molar-refractivity contribution < 1.29 is 9.84 Å². The fourth-order valence-corrected chi connectivity index (χ4v) is 2.62. The summed E-state index contributed by atoms with van der Waals surface area (Å²) in [4.78, 5) is 0. The molecule has 1 fully saturated rings. The van der Waals surface area contributed by atoms with E-state index in [9.17, 15) is 5.11 Å². The first-order valence-corrected chi connectivity index (χ1v) is 5.71. The van der Waals surface area contributed by atoms with Crippen LogP contribution in [0.3, 0.4) is 0 Å². The zero-order valence-corrected chi connectivity index (χ0v) is 9.90. The lowest BCUT2D eigenvalue weighted by atomic mass is 9.74. The van der Waals surface area contributed by atoms with Gasteiger partial charge in [0.05, 0.1) is 24.7 Å². The maximum absolute atomic E-state index is 9.98. The van der Waals surface area contributed by atoms with Crippen LogP contribution in [0.2, 0.25) is 0 Å². The number of aliphatic hydroxyl groups excluding tert-OH is 1. The van der Waals surface area contributed by atoms with Gasteiger partial charge in [-0.3, -0.25) is 0 Å². The molecule has 0 bridgehead atoms.